The van der Waals surface area contributed by atoms with Gasteiger partial charge in [0.15, 0.2) is 0 Å². The second kappa shape index (κ2) is 8.94. The van der Waals surface area contributed by atoms with Crippen molar-refractivity contribution in [3.63, 3.8) is 0 Å². The Balaban J connectivity index is 1.38. The van der Waals surface area contributed by atoms with Crippen molar-refractivity contribution in [3.05, 3.63) is 58.1 Å². The highest BCUT2D eigenvalue weighted by Crippen LogP contribution is 2.58. The SMILES string of the molecule is CN1CCCN(c2ccc3c(n2)N2C(=C(C(=O)N4CCOCC4)C3=C3CC3)Sc3ccccc32)CC1. The van der Waals surface area contributed by atoms with E-state index in [2.05, 4.69) is 58.1 Å². The number of anilines is 3. The molecule has 0 unspecified atom stereocenters. The van der Waals surface area contributed by atoms with E-state index in [1.807, 2.05) is 4.90 Å². The molecule has 3 fully saturated rings. The first-order valence-electron chi connectivity index (χ1n) is 13.0. The molecule has 2 saturated heterocycles. The Bertz CT molecular complexity index is 1290. The molecule has 1 amide bonds. The molecule has 0 radical (unpaired) electrons. The number of fused-ring (bicyclic) bond motifs is 5. The third-order valence-electron chi connectivity index (χ3n) is 7.73. The van der Waals surface area contributed by atoms with Gasteiger partial charge in [-0.2, -0.15) is 0 Å². The maximum absolute atomic E-state index is 14.1. The van der Waals surface area contributed by atoms with Gasteiger partial charge >= 0.3 is 0 Å². The number of pyridine rings is 1. The Kier molecular flexibility index (Phi) is 5.56. The summed E-state index contributed by atoms with van der Waals surface area (Å²) in [5, 5.41) is 1.01. The number of nitrogens with zero attached hydrogens (tertiary/aromatic N) is 5. The van der Waals surface area contributed by atoms with Gasteiger partial charge in [0.2, 0.25) is 0 Å². The van der Waals surface area contributed by atoms with Crippen LogP contribution in [0.15, 0.2) is 57.5 Å². The Morgan fingerprint density at radius 1 is 0.972 bits per heavy atom. The minimum Gasteiger partial charge on any atom is -0.378 e. The van der Waals surface area contributed by atoms with Gasteiger partial charge in [0.25, 0.3) is 5.91 Å². The molecule has 5 aliphatic rings. The number of aromatic nitrogens is 1. The number of carbonyl (C=O) groups is 1. The number of amides is 1. The van der Waals surface area contributed by atoms with Crippen molar-refractivity contribution in [2.75, 3.05) is 69.3 Å². The van der Waals surface area contributed by atoms with E-state index in [-0.39, 0.29) is 5.91 Å². The van der Waals surface area contributed by atoms with Crippen LogP contribution in [0.5, 0.6) is 0 Å². The Labute approximate surface area is 216 Å². The number of likely N-dealkylation sites (N-methyl/N-ethyl adjacent to an activating group) is 1. The molecule has 4 aliphatic heterocycles. The Hall–Kier alpha value is -2.81. The van der Waals surface area contributed by atoms with Crippen molar-refractivity contribution < 1.29 is 9.53 Å². The van der Waals surface area contributed by atoms with Crippen LogP contribution in [0.1, 0.15) is 24.8 Å². The van der Waals surface area contributed by atoms with Crippen LogP contribution >= 0.6 is 11.8 Å². The number of carbonyl (C=O) groups excluding carboxylic acids is 1. The van der Waals surface area contributed by atoms with E-state index in [1.54, 1.807) is 11.8 Å². The minimum atomic E-state index is 0.123. The summed E-state index contributed by atoms with van der Waals surface area (Å²) >= 11 is 1.71. The van der Waals surface area contributed by atoms with Gasteiger partial charge in [-0.1, -0.05) is 29.5 Å². The van der Waals surface area contributed by atoms with Gasteiger partial charge in [-0.05, 0) is 57.1 Å². The Morgan fingerprint density at radius 2 is 1.81 bits per heavy atom. The quantitative estimate of drug-likeness (QED) is 0.614. The van der Waals surface area contributed by atoms with Crippen LogP contribution in [0.4, 0.5) is 17.3 Å². The fourth-order valence-corrected chi connectivity index (χ4v) is 6.85. The summed E-state index contributed by atoms with van der Waals surface area (Å²) in [7, 11) is 2.19. The maximum Gasteiger partial charge on any atom is 0.257 e. The summed E-state index contributed by atoms with van der Waals surface area (Å²) in [5.74, 6) is 2.12. The molecule has 8 heteroatoms. The standard InChI is InChI=1S/C28H31N5O2S/c1-30-11-4-12-31(14-13-30)23-10-9-20-24(19-7-8-19)25(27(34)32-15-17-35-18-16-32)28-33(26(20)29-23)21-5-2-3-6-22(21)36-28/h2-3,5-6,9-10H,4,7-8,11-18H2,1H3. The zero-order chi connectivity index (χ0) is 24.2. The lowest BCUT2D eigenvalue weighted by molar-refractivity contribution is -0.130. The second-order valence-corrected chi connectivity index (χ2v) is 11.2. The van der Waals surface area contributed by atoms with E-state index >= 15 is 0 Å². The average Bonchev–Trinajstić information content (AvgIpc) is 3.71. The summed E-state index contributed by atoms with van der Waals surface area (Å²) in [6.45, 7) is 6.64. The summed E-state index contributed by atoms with van der Waals surface area (Å²) in [6, 6.07) is 12.9. The largest absolute Gasteiger partial charge is 0.378 e. The van der Waals surface area contributed by atoms with E-state index in [0.717, 1.165) is 84.5 Å². The Morgan fingerprint density at radius 3 is 2.64 bits per heavy atom. The van der Waals surface area contributed by atoms with E-state index in [0.29, 0.717) is 26.3 Å². The fraction of sp³-hybridized carbons (Fsp3) is 0.429. The molecule has 0 spiro atoms. The number of rotatable bonds is 2. The van der Waals surface area contributed by atoms with Crippen molar-refractivity contribution in [1.29, 1.82) is 0 Å². The third-order valence-corrected chi connectivity index (χ3v) is 8.88. The van der Waals surface area contributed by atoms with Gasteiger partial charge in [-0.15, -0.1) is 0 Å². The average molecular weight is 502 g/mol. The molecule has 1 aromatic heterocycles. The molecule has 186 valence electrons. The number of benzene rings is 1. The van der Waals surface area contributed by atoms with E-state index in [4.69, 9.17) is 9.72 Å². The van der Waals surface area contributed by atoms with Crippen LogP contribution < -0.4 is 9.80 Å². The van der Waals surface area contributed by atoms with Crippen LogP contribution in [0.3, 0.4) is 0 Å². The normalized spacial score (nSPS) is 21.9. The third kappa shape index (κ3) is 3.74. The predicted molar refractivity (Wildman–Crippen MR) is 144 cm³/mol. The monoisotopic (exact) mass is 501 g/mol. The van der Waals surface area contributed by atoms with E-state index in [1.165, 1.54) is 10.5 Å². The van der Waals surface area contributed by atoms with Crippen LogP contribution in [0.2, 0.25) is 0 Å². The summed E-state index contributed by atoms with van der Waals surface area (Å²) in [5.41, 5.74) is 5.57. The number of thioether (sulfide) groups is 1. The van der Waals surface area contributed by atoms with Gasteiger partial charge in [-0.3, -0.25) is 9.69 Å². The lowest BCUT2D eigenvalue weighted by atomic mass is 9.92. The first-order valence-corrected chi connectivity index (χ1v) is 13.9. The van der Waals surface area contributed by atoms with Crippen LogP contribution in [0, 0.1) is 0 Å². The molecule has 7 rings (SSSR count). The minimum absolute atomic E-state index is 0.123. The summed E-state index contributed by atoms with van der Waals surface area (Å²) in [6.07, 6.45) is 3.25. The van der Waals surface area contributed by atoms with Gasteiger partial charge in [0.1, 0.15) is 11.6 Å². The number of morpholine rings is 1. The second-order valence-electron chi connectivity index (χ2n) is 10.2. The van der Waals surface area contributed by atoms with Gasteiger partial charge in [-0.25, -0.2) is 4.98 Å². The summed E-state index contributed by atoms with van der Waals surface area (Å²) in [4.78, 5) is 29.6. The van der Waals surface area contributed by atoms with Crippen molar-refractivity contribution in [2.24, 2.45) is 0 Å². The molecule has 0 atom stereocenters. The van der Waals surface area contributed by atoms with Crippen molar-refractivity contribution in [2.45, 2.75) is 24.2 Å². The molecule has 7 nitrogen and oxygen atoms in total. The van der Waals surface area contributed by atoms with Crippen molar-refractivity contribution in [1.82, 2.24) is 14.8 Å². The zero-order valence-corrected chi connectivity index (χ0v) is 21.5. The van der Waals surface area contributed by atoms with Crippen LogP contribution in [-0.4, -0.2) is 80.2 Å². The fourth-order valence-electron chi connectivity index (χ4n) is 5.66. The van der Waals surface area contributed by atoms with Crippen LogP contribution in [0.25, 0.3) is 5.57 Å². The zero-order valence-electron chi connectivity index (χ0n) is 20.7. The number of ether oxygens (including phenoxy) is 1. The van der Waals surface area contributed by atoms with Gasteiger partial charge in [0.05, 0.1) is 29.5 Å². The number of hydrogen-bond donors (Lipinski definition) is 0. The predicted octanol–water partition coefficient (Wildman–Crippen LogP) is 4.10. The van der Waals surface area contributed by atoms with E-state index < -0.39 is 0 Å². The lowest BCUT2D eigenvalue weighted by Gasteiger charge is -2.35. The van der Waals surface area contributed by atoms with Gasteiger partial charge < -0.3 is 19.4 Å². The highest BCUT2D eigenvalue weighted by Gasteiger charge is 2.43. The highest BCUT2D eigenvalue weighted by molar-refractivity contribution is 8.03. The molecule has 36 heavy (non-hydrogen) atoms. The molecule has 0 bridgehead atoms. The molecule has 5 heterocycles. The topological polar surface area (TPSA) is 52.2 Å². The lowest BCUT2D eigenvalue weighted by Crippen LogP contribution is -2.42. The smallest absolute Gasteiger partial charge is 0.257 e. The molecule has 1 aliphatic carbocycles. The molecule has 2 aromatic rings. The number of para-hydroxylation sites is 1. The van der Waals surface area contributed by atoms with Crippen LogP contribution in [-0.2, 0) is 9.53 Å². The number of allylic oxidation sites excluding steroid dienone is 1. The molecule has 1 saturated carbocycles. The maximum atomic E-state index is 14.1. The molecular formula is C28H31N5O2S. The number of hydrogen-bond acceptors (Lipinski definition) is 7. The van der Waals surface area contributed by atoms with Gasteiger partial charge in [0, 0.05) is 48.8 Å². The van der Waals surface area contributed by atoms with Crippen molar-refractivity contribution in [3.8, 4) is 0 Å². The van der Waals surface area contributed by atoms with E-state index in [9.17, 15) is 4.79 Å². The highest BCUT2D eigenvalue weighted by atomic mass is 32.2. The summed E-state index contributed by atoms with van der Waals surface area (Å²) < 4.78 is 5.55. The molecule has 1 aromatic carbocycles. The first-order chi connectivity index (χ1) is 17.7. The molecular weight excluding hydrogens is 470 g/mol. The molecule has 0 N–H and O–H groups in total. The van der Waals surface area contributed by atoms with Crippen molar-refractivity contribution >= 4 is 40.6 Å². The first kappa shape index (κ1) is 22.4.